The van der Waals surface area contributed by atoms with E-state index in [1.807, 2.05) is 0 Å². The molecule has 1 saturated heterocycles. The second kappa shape index (κ2) is 1.84. The van der Waals surface area contributed by atoms with Gasteiger partial charge < -0.3 is 9.67 Å². The zero-order chi connectivity index (χ0) is 7.02. The van der Waals surface area contributed by atoms with Crippen molar-refractivity contribution in [3.05, 3.63) is 0 Å². The molecule has 0 aromatic heterocycles. The van der Waals surface area contributed by atoms with Gasteiger partial charge in [-0.1, -0.05) is 0 Å². The highest BCUT2D eigenvalue weighted by Crippen LogP contribution is 2.14. The molecule has 0 aliphatic carbocycles. The Hall–Kier alpha value is -0.843. The molecule has 1 aliphatic heterocycles. The zero-order valence-corrected chi connectivity index (χ0v) is 7.00. The van der Waals surface area contributed by atoms with E-state index in [0.29, 0.717) is 10.4 Å². The molecule has 1 heterocycles. The molecule has 1 aliphatic rings. The topological polar surface area (TPSA) is 57.6 Å². The predicted molar refractivity (Wildman–Crippen MR) is 32.8 cm³/mol. The monoisotopic (exact) mass is 145 g/mol. The highest BCUT2D eigenvalue weighted by atomic mass is 28.2. The maximum Gasteiger partial charge on any atom is 0.326 e. The fraction of sp³-hybridized carbons (Fsp3) is 0.500. The summed E-state index contributed by atoms with van der Waals surface area (Å²) in [5.41, 5.74) is 0. The number of carbonyl (C=O) groups is 2. The van der Waals surface area contributed by atoms with Crippen LogP contribution in [-0.4, -0.2) is 38.0 Å². The number of carboxylic acids is 1. The largest absolute Gasteiger partial charge is 0.480 e. The minimum absolute atomic E-state index is 0.0333. The van der Waals surface area contributed by atoms with E-state index in [1.165, 1.54) is 4.57 Å². The first-order valence-electron chi connectivity index (χ1n) is 2.61. The van der Waals surface area contributed by atoms with Gasteiger partial charge in [0, 0.05) is 0 Å². The van der Waals surface area contributed by atoms with E-state index in [9.17, 15) is 9.59 Å². The number of carbonyl (C=O) groups excluding carboxylic acids is 1. The summed E-state index contributed by atoms with van der Waals surface area (Å²) in [5.74, 6) is -0.918. The molecule has 50 valence electrons. The second-order valence-electron chi connectivity index (χ2n) is 2.06. The van der Waals surface area contributed by atoms with Gasteiger partial charge in [0.2, 0.25) is 5.91 Å². The van der Waals surface area contributed by atoms with Crippen LogP contribution in [-0.2, 0) is 9.59 Å². The third-order valence-corrected chi connectivity index (χ3v) is 2.64. The lowest BCUT2D eigenvalue weighted by Crippen LogP contribution is -2.55. The molecule has 5 heteroatoms. The maximum atomic E-state index is 10.4. The highest BCUT2D eigenvalue weighted by Gasteiger charge is 2.37. The normalized spacial score (nSPS) is 26.0. The van der Waals surface area contributed by atoms with Crippen LogP contribution in [0.3, 0.4) is 0 Å². The Kier molecular flexibility index (Phi) is 1.28. The molecule has 1 N–H and O–H groups in total. The first kappa shape index (κ1) is 6.28. The SMILES string of the molecule is O=C(O)C1CC(=O)N1[SiH3]. The molecule has 1 atom stereocenters. The minimum Gasteiger partial charge on any atom is -0.480 e. The molecule has 4 nitrogen and oxygen atoms in total. The van der Waals surface area contributed by atoms with Gasteiger partial charge in [-0.2, -0.15) is 0 Å². The van der Waals surface area contributed by atoms with Gasteiger partial charge >= 0.3 is 5.97 Å². The summed E-state index contributed by atoms with van der Waals surface area (Å²) >= 11 is 0. The first-order valence-corrected chi connectivity index (χ1v) is 3.51. The van der Waals surface area contributed by atoms with E-state index >= 15 is 0 Å². The fourth-order valence-corrected chi connectivity index (χ4v) is 1.35. The summed E-state index contributed by atoms with van der Waals surface area (Å²) in [5, 5.41) is 8.35. The Bertz CT molecular complexity index is 169. The summed E-state index contributed by atoms with van der Waals surface area (Å²) in [4.78, 5) is 20.6. The minimum atomic E-state index is -0.885. The van der Waals surface area contributed by atoms with Gasteiger partial charge in [0.25, 0.3) is 0 Å². The van der Waals surface area contributed by atoms with Gasteiger partial charge in [0.05, 0.1) is 6.42 Å². The molecule has 0 aromatic carbocycles. The van der Waals surface area contributed by atoms with E-state index in [0.717, 1.165) is 0 Å². The zero-order valence-electron chi connectivity index (χ0n) is 5.00. The average molecular weight is 145 g/mol. The van der Waals surface area contributed by atoms with Gasteiger partial charge in [-0.05, 0) is 0 Å². The predicted octanol–water partition coefficient (Wildman–Crippen LogP) is -2.05. The van der Waals surface area contributed by atoms with Gasteiger partial charge in [-0.25, -0.2) is 0 Å². The lowest BCUT2D eigenvalue weighted by Gasteiger charge is -2.34. The third kappa shape index (κ3) is 0.828. The van der Waals surface area contributed by atoms with Crippen molar-refractivity contribution in [2.45, 2.75) is 12.5 Å². The average Bonchev–Trinajstić information content (AvgIpc) is 1.81. The number of β-lactam (4-membered cyclic amide) rings is 1. The number of hydrogen-bond acceptors (Lipinski definition) is 2. The molecule has 1 rings (SSSR count). The van der Waals surface area contributed by atoms with Crippen LogP contribution in [0.4, 0.5) is 0 Å². The molecule has 0 bridgehead atoms. The smallest absolute Gasteiger partial charge is 0.326 e. The Morgan fingerprint density at radius 3 is 2.56 bits per heavy atom. The Morgan fingerprint density at radius 2 is 2.44 bits per heavy atom. The van der Waals surface area contributed by atoms with E-state index < -0.39 is 12.0 Å². The van der Waals surface area contributed by atoms with E-state index in [2.05, 4.69) is 0 Å². The lowest BCUT2D eigenvalue weighted by molar-refractivity contribution is -0.155. The van der Waals surface area contributed by atoms with Crippen molar-refractivity contribution in [3.63, 3.8) is 0 Å². The van der Waals surface area contributed by atoms with E-state index in [1.54, 1.807) is 0 Å². The Morgan fingerprint density at radius 1 is 1.89 bits per heavy atom. The van der Waals surface area contributed by atoms with Gasteiger partial charge in [-0.3, -0.25) is 9.59 Å². The molecular weight excluding hydrogens is 138 g/mol. The molecule has 0 radical (unpaired) electrons. The van der Waals surface area contributed by atoms with Crippen LogP contribution in [0.2, 0.25) is 0 Å². The molecule has 0 spiro atoms. The molecular formula is C4H7NO3Si. The number of aliphatic carboxylic acids is 1. The summed E-state index contributed by atoms with van der Waals surface area (Å²) in [6.07, 6.45) is 0.193. The number of rotatable bonds is 1. The molecule has 0 aromatic rings. The van der Waals surface area contributed by atoms with Crippen LogP contribution in [0.15, 0.2) is 0 Å². The van der Waals surface area contributed by atoms with Crippen molar-refractivity contribution >= 4 is 22.3 Å². The van der Waals surface area contributed by atoms with Gasteiger partial charge in [0.1, 0.15) is 16.4 Å². The van der Waals surface area contributed by atoms with E-state index in [-0.39, 0.29) is 12.3 Å². The molecule has 1 unspecified atom stereocenters. The Balaban J connectivity index is 2.51. The fourth-order valence-electron chi connectivity index (χ4n) is 0.761. The molecule has 9 heavy (non-hydrogen) atoms. The standard InChI is InChI=1S/C4H7NO3Si/c6-3-1-2(4(7)8)5(3)9/h2H,1H2,9H3,(H,7,8). The number of hydrogen-bond donors (Lipinski definition) is 1. The third-order valence-electron chi connectivity index (χ3n) is 1.51. The highest BCUT2D eigenvalue weighted by molar-refractivity contribution is 6.20. The van der Waals surface area contributed by atoms with Crippen molar-refractivity contribution in [1.82, 2.24) is 4.57 Å². The van der Waals surface area contributed by atoms with Crippen molar-refractivity contribution in [2.75, 3.05) is 0 Å². The van der Waals surface area contributed by atoms with Crippen LogP contribution in [0.25, 0.3) is 0 Å². The Labute approximate surface area is 55.0 Å². The van der Waals surface area contributed by atoms with Crippen molar-refractivity contribution in [3.8, 4) is 0 Å². The summed E-state index contributed by atoms with van der Waals surface area (Å²) < 4.78 is 1.36. The molecule has 1 fully saturated rings. The van der Waals surface area contributed by atoms with E-state index in [4.69, 9.17) is 5.11 Å². The van der Waals surface area contributed by atoms with Crippen molar-refractivity contribution in [1.29, 1.82) is 0 Å². The summed E-state index contributed by atoms with van der Waals surface area (Å²) in [6.45, 7) is 0. The maximum absolute atomic E-state index is 10.4. The number of carboxylic acid groups (broad SMARTS) is 1. The van der Waals surface area contributed by atoms with Gasteiger partial charge in [0.15, 0.2) is 0 Å². The molecule has 0 saturated carbocycles. The summed E-state index contributed by atoms with van der Waals surface area (Å²) in [7, 11) is 0.524. The van der Waals surface area contributed by atoms with Crippen LogP contribution >= 0.6 is 0 Å². The number of amides is 1. The lowest BCUT2D eigenvalue weighted by atomic mass is 10.1. The quantitative estimate of drug-likeness (QED) is 0.341. The number of nitrogens with zero attached hydrogens (tertiary/aromatic N) is 1. The van der Waals surface area contributed by atoms with Crippen molar-refractivity contribution < 1.29 is 14.7 Å². The van der Waals surface area contributed by atoms with Crippen LogP contribution < -0.4 is 0 Å². The second-order valence-corrected chi connectivity index (χ2v) is 3.03. The molecule has 1 amide bonds. The van der Waals surface area contributed by atoms with Crippen LogP contribution in [0.1, 0.15) is 6.42 Å². The van der Waals surface area contributed by atoms with Crippen LogP contribution in [0, 0.1) is 0 Å². The van der Waals surface area contributed by atoms with Crippen LogP contribution in [0.5, 0.6) is 0 Å². The van der Waals surface area contributed by atoms with Gasteiger partial charge in [-0.15, -0.1) is 0 Å². The van der Waals surface area contributed by atoms with Crippen molar-refractivity contribution in [2.24, 2.45) is 0 Å². The summed E-state index contributed by atoms with van der Waals surface area (Å²) in [6, 6.07) is -0.510. The first-order chi connectivity index (χ1) is 4.13.